The molecular weight excluding hydrogens is 464 g/mol. The monoisotopic (exact) mass is 492 g/mol. The third kappa shape index (κ3) is 4.56. The van der Waals surface area contributed by atoms with Gasteiger partial charge < -0.3 is 9.64 Å². The van der Waals surface area contributed by atoms with Crippen molar-refractivity contribution in [3.8, 4) is 0 Å². The first-order chi connectivity index (χ1) is 16.7. The van der Waals surface area contributed by atoms with Gasteiger partial charge in [-0.25, -0.2) is 27.5 Å². The summed E-state index contributed by atoms with van der Waals surface area (Å²) in [6.45, 7) is 6.44. The van der Waals surface area contributed by atoms with Crippen molar-refractivity contribution in [1.82, 2.24) is 14.3 Å². The molecule has 0 spiro atoms. The van der Waals surface area contributed by atoms with Gasteiger partial charge in [0, 0.05) is 26.3 Å². The molecule has 0 unspecified atom stereocenters. The fraction of sp³-hybridized carbons (Fsp3) is 0.269. The lowest BCUT2D eigenvalue weighted by Gasteiger charge is -2.32. The SMILES string of the molecule is C=CC=C(C)c1nc2ccc(C(=O)OC)cc2nc1N1CCCc2cc(S(=O)(=O)N(C)C)ccc21. The molecule has 182 valence electrons. The van der Waals surface area contributed by atoms with Gasteiger partial charge in [-0.15, -0.1) is 0 Å². The summed E-state index contributed by atoms with van der Waals surface area (Å²) in [6, 6.07) is 10.3. The molecular formula is C26H28N4O4S. The fourth-order valence-corrected chi connectivity index (χ4v) is 5.12. The maximum atomic E-state index is 12.7. The lowest BCUT2D eigenvalue weighted by Crippen LogP contribution is -2.28. The van der Waals surface area contributed by atoms with Crippen molar-refractivity contribution in [2.75, 3.05) is 32.6 Å². The van der Waals surface area contributed by atoms with Crippen molar-refractivity contribution in [1.29, 1.82) is 0 Å². The summed E-state index contributed by atoms with van der Waals surface area (Å²) in [5.74, 6) is 0.194. The van der Waals surface area contributed by atoms with Gasteiger partial charge in [0.25, 0.3) is 0 Å². The molecule has 1 aliphatic heterocycles. The van der Waals surface area contributed by atoms with Crippen molar-refractivity contribution in [2.24, 2.45) is 0 Å². The van der Waals surface area contributed by atoms with Crippen molar-refractivity contribution in [2.45, 2.75) is 24.7 Å². The van der Waals surface area contributed by atoms with Crippen LogP contribution in [0.25, 0.3) is 16.6 Å². The molecule has 35 heavy (non-hydrogen) atoms. The quantitative estimate of drug-likeness (QED) is 0.373. The number of ether oxygens (including phenoxy) is 1. The Labute approximate surface area is 205 Å². The second-order valence-corrected chi connectivity index (χ2v) is 10.7. The van der Waals surface area contributed by atoms with Crippen LogP contribution in [-0.4, -0.2) is 56.4 Å². The first-order valence-electron chi connectivity index (χ1n) is 11.2. The van der Waals surface area contributed by atoms with E-state index in [4.69, 9.17) is 14.7 Å². The number of sulfonamides is 1. The summed E-state index contributed by atoms with van der Waals surface area (Å²) in [6.07, 6.45) is 5.16. The zero-order valence-electron chi connectivity index (χ0n) is 20.3. The lowest BCUT2D eigenvalue weighted by atomic mass is 10.0. The Bertz CT molecular complexity index is 1460. The van der Waals surface area contributed by atoms with Crippen LogP contribution in [0.15, 0.2) is 60.0 Å². The number of fused-ring (bicyclic) bond motifs is 2. The van der Waals surface area contributed by atoms with E-state index in [0.29, 0.717) is 34.7 Å². The largest absolute Gasteiger partial charge is 0.465 e. The second kappa shape index (κ2) is 9.59. The summed E-state index contributed by atoms with van der Waals surface area (Å²) in [5, 5.41) is 0. The molecule has 2 heterocycles. The molecule has 1 aliphatic rings. The highest BCUT2D eigenvalue weighted by Gasteiger charge is 2.26. The standard InChI is InChI=1S/C26H28N4O4S/c1-6-8-17(2)24-25(28-22-16-19(26(31)34-5)10-12-21(22)27-24)30-14-7-9-18-15-20(11-13-23(18)30)35(32,33)29(3)4/h6,8,10-13,15-16H,1,7,9,14H2,2-5H3. The summed E-state index contributed by atoms with van der Waals surface area (Å²) in [7, 11) is 0.842. The highest BCUT2D eigenvalue weighted by Crippen LogP contribution is 2.38. The highest BCUT2D eigenvalue weighted by atomic mass is 32.2. The van der Waals surface area contributed by atoms with E-state index in [2.05, 4.69) is 11.5 Å². The van der Waals surface area contributed by atoms with Crippen LogP contribution in [-0.2, 0) is 21.2 Å². The van der Waals surface area contributed by atoms with E-state index in [0.717, 1.165) is 29.7 Å². The number of methoxy groups -OCH3 is 1. The number of benzene rings is 2. The van der Waals surface area contributed by atoms with Crippen LogP contribution in [0.5, 0.6) is 0 Å². The molecule has 0 aliphatic carbocycles. The Morgan fingerprint density at radius 2 is 1.91 bits per heavy atom. The Morgan fingerprint density at radius 3 is 2.60 bits per heavy atom. The lowest BCUT2D eigenvalue weighted by molar-refractivity contribution is 0.0601. The number of rotatable bonds is 6. The number of nitrogens with zero attached hydrogens (tertiary/aromatic N) is 4. The molecule has 0 saturated heterocycles. The molecule has 8 nitrogen and oxygen atoms in total. The molecule has 0 amide bonds. The van der Waals surface area contributed by atoms with Crippen LogP contribution in [0.2, 0.25) is 0 Å². The molecule has 0 saturated carbocycles. The predicted molar refractivity (Wildman–Crippen MR) is 137 cm³/mol. The number of carbonyl (C=O) groups is 1. The van der Waals surface area contributed by atoms with Gasteiger partial charge in [-0.1, -0.05) is 18.7 Å². The van der Waals surface area contributed by atoms with Gasteiger partial charge in [0.15, 0.2) is 5.82 Å². The number of aryl methyl sites for hydroxylation is 1. The van der Waals surface area contributed by atoms with Gasteiger partial charge in [0.1, 0.15) is 5.69 Å². The Hall–Kier alpha value is -3.56. The van der Waals surface area contributed by atoms with E-state index >= 15 is 0 Å². The average Bonchev–Trinajstić information content (AvgIpc) is 2.86. The minimum atomic E-state index is -3.54. The predicted octanol–water partition coefficient (Wildman–Crippen LogP) is 4.34. The van der Waals surface area contributed by atoms with Crippen LogP contribution < -0.4 is 4.90 Å². The summed E-state index contributed by atoms with van der Waals surface area (Å²) < 4.78 is 31.4. The van der Waals surface area contributed by atoms with Crippen molar-refractivity contribution >= 4 is 44.1 Å². The van der Waals surface area contributed by atoms with Crippen LogP contribution >= 0.6 is 0 Å². The van der Waals surface area contributed by atoms with Crippen LogP contribution in [0.1, 0.15) is 35.0 Å². The molecule has 3 aromatic rings. The Morgan fingerprint density at radius 1 is 1.14 bits per heavy atom. The number of hydrogen-bond donors (Lipinski definition) is 0. The van der Waals surface area contributed by atoms with Gasteiger partial charge in [-0.3, -0.25) is 0 Å². The summed E-state index contributed by atoms with van der Waals surface area (Å²) in [5.41, 5.74) is 5.01. The number of carbonyl (C=O) groups excluding carboxylic acids is 1. The minimum Gasteiger partial charge on any atom is -0.465 e. The Kier molecular flexibility index (Phi) is 6.73. The molecule has 4 rings (SSSR count). The van der Waals surface area contributed by atoms with Crippen LogP contribution in [0.3, 0.4) is 0 Å². The smallest absolute Gasteiger partial charge is 0.337 e. The van der Waals surface area contributed by atoms with Gasteiger partial charge in [0.2, 0.25) is 10.0 Å². The summed E-state index contributed by atoms with van der Waals surface area (Å²) >= 11 is 0. The van der Waals surface area contributed by atoms with Crippen LogP contribution in [0, 0.1) is 0 Å². The number of allylic oxidation sites excluding steroid dienone is 3. The van der Waals surface area contributed by atoms with Gasteiger partial charge >= 0.3 is 5.97 Å². The van der Waals surface area contributed by atoms with E-state index in [-0.39, 0.29) is 4.90 Å². The molecule has 0 bridgehead atoms. The average molecular weight is 493 g/mol. The zero-order chi connectivity index (χ0) is 25.3. The minimum absolute atomic E-state index is 0.262. The highest BCUT2D eigenvalue weighted by molar-refractivity contribution is 7.89. The number of aromatic nitrogens is 2. The van der Waals surface area contributed by atoms with Crippen molar-refractivity contribution < 1.29 is 17.9 Å². The zero-order valence-corrected chi connectivity index (χ0v) is 21.1. The van der Waals surface area contributed by atoms with E-state index in [1.807, 2.05) is 19.1 Å². The summed E-state index contributed by atoms with van der Waals surface area (Å²) in [4.78, 5) is 24.2. The van der Waals surface area contributed by atoms with E-state index < -0.39 is 16.0 Å². The fourth-order valence-electron chi connectivity index (χ4n) is 4.16. The molecule has 0 atom stereocenters. The molecule has 2 aromatic carbocycles. The topological polar surface area (TPSA) is 92.7 Å². The van der Waals surface area contributed by atoms with E-state index in [9.17, 15) is 13.2 Å². The molecule has 9 heteroatoms. The third-order valence-corrected chi connectivity index (χ3v) is 7.82. The first-order valence-corrected chi connectivity index (χ1v) is 12.6. The first kappa shape index (κ1) is 24.6. The van der Waals surface area contributed by atoms with Gasteiger partial charge in [0.05, 0.1) is 28.6 Å². The molecule has 1 aromatic heterocycles. The van der Waals surface area contributed by atoms with Crippen molar-refractivity contribution in [3.63, 3.8) is 0 Å². The second-order valence-electron chi connectivity index (χ2n) is 8.51. The van der Waals surface area contributed by atoms with Gasteiger partial charge in [-0.2, -0.15) is 0 Å². The van der Waals surface area contributed by atoms with Crippen LogP contribution in [0.4, 0.5) is 11.5 Å². The normalized spacial score (nSPS) is 14.2. The maximum Gasteiger partial charge on any atom is 0.337 e. The number of esters is 1. The Balaban J connectivity index is 1.91. The van der Waals surface area contributed by atoms with E-state index in [1.165, 1.54) is 25.5 Å². The third-order valence-electron chi connectivity index (χ3n) is 6.01. The van der Waals surface area contributed by atoms with Gasteiger partial charge in [-0.05, 0) is 67.3 Å². The maximum absolute atomic E-state index is 12.7. The van der Waals surface area contributed by atoms with Crippen molar-refractivity contribution in [3.05, 3.63) is 72.0 Å². The van der Waals surface area contributed by atoms with E-state index in [1.54, 1.807) is 36.4 Å². The molecule has 0 N–H and O–H groups in total. The number of hydrogen-bond acceptors (Lipinski definition) is 7. The molecule has 0 fully saturated rings. The number of anilines is 2. The molecule has 0 radical (unpaired) electrons.